The standard InChI is InChI=1S/C22H21F2N9/c23-16-2-1-3-19(20(16)24)33-22(29-30-31-33)14-8-13(10-26-21(14)25)17-9-18(28-27-17)15-11-32-6-4-12(15)5-7-32/h1-3,8-10,12,15H,4-7,11H2,(H2,25,26)(H,27,28). The van der Waals surface area contributed by atoms with Crippen LogP contribution in [-0.4, -0.2) is 59.9 Å². The second-order valence-corrected chi connectivity index (χ2v) is 8.60. The summed E-state index contributed by atoms with van der Waals surface area (Å²) < 4.78 is 29.3. The summed E-state index contributed by atoms with van der Waals surface area (Å²) in [5.41, 5.74) is 8.95. The number of hydrogen-bond donors (Lipinski definition) is 2. The molecular weight excluding hydrogens is 428 g/mol. The fraction of sp³-hybridized carbons (Fsp3) is 0.318. The fourth-order valence-electron chi connectivity index (χ4n) is 4.96. The summed E-state index contributed by atoms with van der Waals surface area (Å²) in [6, 6.07) is 7.62. The molecule has 2 bridgehead atoms. The number of aromatic nitrogens is 7. The van der Waals surface area contributed by atoms with E-state index < -0.39 is 11.6 Å². The van der Waals surface area contributed by atoms with Gasteiger partial charge >= 0.3 is 0 Å². The molecule has 3 N–H and O–H groups in total. The van der Waals surface area contributed by atoms with Gasteiger partial charge in [-0.3, -0.25) is 5.10 Å². The molecule has 1 atom stereocenters. The molecule has 0 amide bonds. The molecule has 3 aliphatic heterocycles. The average Bonchev–Trinajstić information content (AvgIpc) is 3.52. The molecule has 9 nitrogen and oxygen atoms in total. The highest BCUT2D eigenvalue weighted by molar-refractivity contribution is 5.75. The van der Waals surface area contributed by atoms with Crippen LogP contribution >= 0.6 is 0 Å². The van der Waals surface area contributed by atoms with Gasteiger partial charge in [0.2, 0.25) is 0 Å². The number of fused-ring (bicyclic) bond motifs is 3. The van der Waals surface area contributed by atoms with E-state index in [9.17, 15) is 8.78 Å². The Morgan fingerprint density at radius 1 is 1.12 bits per heavy atom. The first-order valence-corrected chi connectivity index (χ1v) is 10.8. The molecule has 3 aliphatic rings. The summed E-state index contributed by atoms with van der Waals surface area (Å²) in [6.07, 6.45) is 4.06. The topological polar surface area (TPSA) is 114 Å². The Hall–Kier alpha value is -3.73. The van der Waals surface area contributed by atoms with Crippen LogP contribution in [0.4, 0.5) is 14.6 Å². The Balaban J connectivity index is 1.36. The number of nitrogens with two attached hydrogens (primary N) is 1. The molecule has 3 saturated heterocycles. The van der Waals surface area contributed by atoms with E-state index in [4.69, 9.17) is 5.73 Å². The molecule has 1 unspecified atom stereocenters. The molecule has 3 fully saturated rings. The second-order valence-electron chi connectivity index (χ2n) is 8.60. The molecule has 6 heterocycles. The second kappa shape index (κ2) is 7.69. The van der Waals surface area contributed by atoms with Crippen molar-refractivity contribution in [3.63, 3.8) is 0 Å². The Morgan fingerprint density at radius 2 is 1.97 bits per heavy atom. The van der Waals surface area contributed by atoms with Crippen molar-refractivity contribution in [2.45, 2.75) is 18.8 Å². The van der Waals surface area contributed by atoms with Crippen molar-refractivity contribution in [3.05, 3.63) is 53.9 Å². The predicted octanol–water partition coefficient (Wildman–Crippen LogP) is 2.78. The number of rotatable bonds is 4. The molecule has 0 saturated carbocycles. The number of nitrogens with zero attached hydrogens (tertiary/aromatic N) is 7. The summed E-state index contributed by atoms with van der Waals surface area (Å²) in [5.74, 6) is -0.611. The molecule has 0 spiro atoms. The van der Waals surface area contributed by atoms with Crippen LogP contribution in [0.3, 0.4) is 0 Å². The van der Waals surface area contributed by atoms with Crippen LogP contribution in [0.5, 0.6) is 0 Å². The van der Waals surface area contributed by atoms with Crippen molar-refractivity contribution >= 4 is 5.82 Å². The molecule has 4 aromatic rings. The van der Waals surface area contributed by atoms with E-state index in [0.717, 1.165) is 34.2 Å². The third-order valence-corrected chi connectivity index (χ3v) is 6.74. The Morgan fingerprint density at radius 3 is 2.76 bits per heavy atom. The van der Waals surface area contributed by atoms with E-state index in [1.165, 1.54) is 38.1 Å². The van der Waals surface area contributed by atoms with Crippen molar-refractivity contribution in [2.24, 2.45) is 5.92 Å². The van der Waals surface area contributed by atoms with E-state index >= 15 is 0 Å². The molecule has 1 aromatic carbocycles. The zero-order valence-electron chi connectivity index (χ0n) is 17.6. The lowest BCUT2D eigenvalue weighted by atomic mass is 9.77. The average molecular weight is 449 g/mol. The number of piperidine rings is 3. The summed E-state index contributed by atoms with van der Waals surface area (Å²) in [7, 11) is 0. The molecular formula is C22H21F2N9. The number of tetrazole rings is 1. The van der Waals surface area contributed by atoms with E-state index in [0.29, 0.717) is 17.4 Å². The molecule has 0 aliphatic carbocycles. The van der Waals surface area contributed by atoms with E-state index in [1.54, 1.807) is 12.3 Å². The van der Waals surface area contributed by atoms with Gasteiger partial charge in [0.15, 0.2) is 17.5 Å². The van der Waals surface area contributed by atoms with Crippen LogP contribution in [0.25, 0.3) is 28.3 Å². The number of aromatic amines is 1. The number of nitrogens with one attached hydrogen (secondary N) is 1. The van der Waals surface area contributed by atoms with Gasteiger partial charge in [0.25, 0.3) is 0 Å². The minimum absolute atomic E-state index is 0.121. The summed E-state index contributed by atoms with van der Waals surface area (Å²) >= 11 is 0. The lowest BCUT2D eigenvalue weighted by molar-refractivity contribution is 0.0854. The minimum atomic E-state index is -1.05. The Labute approximate surface area is 187 Å². The highest BCUT2D eigenvalue weighted by atomic mass is 19.2. The normalized spacial score (nSPS) is 22.1. The predicted molar refractivity (Wildman–Crippen MR) is 116 cm³/mol. The zero-order chi connectivity index (χ0) is 22.5. The number of benzene rings is 1. The monoisotopic (exact) mass is 449 g/mol. The molecule has 3 aromatic heterocycles. The maximum Gasteiger partial charge on any atom is 0.190 e. The highest BCUT2D eigenvalue weighted by Gasteiger charge is 2.36. The number of anilines is 1. The van der Waals surface area contributed by atoms with E-state index in [-0.39, 0.29) is 17.3 Å². The quantitative estimate of drug-likeness (QED) is 0.492. The SMILES string of the molecule is Nc1ncc(-c2cc(C3CN4CCC3CC4)[nH]n2)cc1-c1nnnn1-c1cccc(F)c1F. The van der Waals surface area contributed by atoms with E-state index in [1.807, 2.05) is 0 Å². The van der Waals surface area contributed by atoms with Crippen LogP contribution in [-0.2, 0) is 0 Å². The van der Waals surface area contributed by atoms with Crippen LogP contribution < -0.4 is 5.73 Å². The first-order valence-electron chi connectivity index (χ1n) is 10.8. The summed E-state index contributed by atoms with van der Waals surface area (Å²) in [6.45, 7) is 3.40. The fourth-order valence-corrected chi connectivity index (χ4v) is 4.96. The molecule has 168 valence electrons. The zero-order valence-corrected chi connectivity index (χ0v) is 17.6. The first kappa shape index (κ1) is 19.9. The minimum Gasteiger partial charge on any atom is -0.383 e. The van der Waals surface area contributed by atoms with Crippen LogP contribution in [0.1, 0.15) is 24.5 Å². The van der Waals surface area contributed by atoms with Crippen LogP contribution in [0.15, 0.2) is 36.5 Å². The maximum atomic E-state index is 14.4. The van der Waals surface area contributed by atoms with Gasteiger partial charge in [-0.1, -0.05) is 6.07 Å². The van der Waals surface area contributed by atoms with Gasteiger partial charge in [0.1, 0.15) is 11.5 Å². The molecule has 0 radical (unpaired) electrons. The third kappa shape index (κ3) is 3.35. The Kier molecular flexibility index (Phi) is 4.64. The van der Waals surface area contributed by atoms with Crippen molar-refractivity contribution < 1.29 is 8.78 Å². The lowest BCUT2D eigenvalue weighted by Crippen LogP contribution is -2.46. The molecule has 33 heavy (non-hydrogen) atoms. The third-order valence-electron chi connectivity index (χ3n) is 6.74. The number of halogens is 2. The van der Waals surface area contributed by atoms with Gasteiger partial charge in [-0.05, 0) is 66.5 Å². The van der Waals surface area contributed by atoms with Gasteiger partial charge in [-0.15, -0.1) is 5.10 Å². The summed E-state index contributed by atoms with van der Waals surface area (Å²) in [5, 5.41) is 19.2. The van der Waals surface area contributed by atoms with Crippen molar-refractivity contribution in [3.8, 4) is 28.3 Å². The van der Waals surface area contributed by atoms with Gasteiger partial charge in [0, 0.05) is 29.9 Å². The number of hydrogen-bond acceptors (Lipinski definition) is 7. The van der Waals surface area contributed by atoms with Gasteiger partial charge in [0.05, 0.1) is 11.3 Å². The summed E-state index contributed by atoms with van der Waals surface area (Å²) in [4.78, 5) is 6.78. The van der Waals surface area contributed by atoms with Gasteiger partial charge < -0.3 is 10.6 Å². The smallest absolute Gasteiger partial charge is 0.190 e. The van der Waals surface area contributed by atoms with Gasteiger partial charge in [-0.2, -0.15) is 9.78 Å². The lowest BCUT2D eigenvalue weighted by Gasteiger charge is -2.44. The molecule has 7 rings (SSSR count). The number of pyridine rings is 1. The van der Waals surface area contributed by atoms with E-state index in [2.05, 4.69) is 41.7 Å². The Bertz CT molecular complexity index is 1320. The van der Waals surface area contributed by atoms with Crippen molar-refractivity contribution in [1.29, 1.82) is 0 Å². The van der Waals surface area contributed by atoms with Crippen LogP contribution in [0.2, 0.25) is 0 Å². The maximum absolute atomic E-state index is 14.4. The van der Waals surface area contributed by atoms with Crippen molar-refractivity contribution in [1.82, 2.24) is 40.3 Å². The van der Waals surface area contributed by atoms with Crippen molar-refractivity contribution in [2.75, 3.05) is 25.4 Å². The van der Waals surface area contributed by atoms with Crippen LogP contribution in [0, 0.1) is 17.6 Å². The highest BCUT2D eigenvalue weighted by Crippen LogP contribution is 2.39. The largest absolute Gasteiger partial charge is 0.383 e. The van der Waals surface area contributed by atoms with Gasteiger partial charge in [-0.25, -0.2) is 13.8 Å². The number of nitrogen functional groups attached to an aromatic ring is 1. The number of H-pyrrole nitrogens is 1. The molecule has 11 heteroatoms. The first-order chi connectivity index (χ1) is 16.1.